The lowest BCUT2D eigenvalue weighted by Gasteiger charge is -2.25. The van der Waals surface area contributed by atoms with E-state index in [0.29, 0.717) is 17.9 Å². The predicted molar refractivity (Wildman–Crippen MR) is 72.6 cm³/mol. The molecular formula is C15H20FNO2. The molecule has 0 aliphatic carbocycles. The van der Waals surface area contributed by atoms with Crippen LogP contribution in [0.4, 0.5) is 4.39 Å². The third-order valence-electron chi connectivity index (χ3n) is 3.17. The molecule has 1 aromatic carbocycles. The zero-order valence-electron chi connectivity index (χ0n) is 11.4. The SMILES string of the molecule is CCNC(C1=CCCCO1)c1ccc(OC)cc1F. The minimum absolute atomic E-state index is 0.226. The first-order chi connectivity index (χ1) is 9.26. The highest BCUT2D eigenvalue weighted by molar-refractivity contribution is 5.34. The van der Waals surface area contributed by atoms with Gasteiger partial charge in [-0.25, -0.2) is 4.39 Å². The fourth-order valence-corrected chi connectivity index (χ4v) is 2.21. The summed E-state index contributed by atoms with van der Waals surface area (Å²) in [7, 11) is 1.53. The fraction of sp³-hybridized carbons (Fsp3) is 0.467. The molecule has 1 N–H and O–H groups in total. The first-order valence-electron chi connectivity index (χ1n) is 6.66. The molecule has 0 spiro atoms. The molecule has 0 fully saturated rings. The fourth-order valence-electron chi connectivity index (χ4n) is 2.21. The van der Waals surface area contributed by atoms with E-state index in [1.54, 1.807) is 12.1 Å². The van der Waals surface area contributed by atoms with Crippen LogP contribution in [0.1, 0.15) is 31.4 Å². The minimum atomic E-state index is -0.277. The van der Waals surface area contributed by atoms with Crippen LogP contribution in [0.15, 0.2) is 30.0 Å². The summed E-state index contributed by atoms with van der Waals surface area (Å²) in [5.74, 6) is 1.06. The molecule has 1 unspecified atom stereocenters. The van der Waals surface area contributed by atoms with Crippen molar-refractivity contribution in [3.63, 3.8) is 0 Å². The van der Waals surface area contributed by atoms with E-state index < -0.39 is 0 Å². The molecule has 1 aliphatic heterocycles. The molecule has 1 atom stereocenters. The number of nitrogens with one attached hydrogen (secondary N) is 1. The Morgan fingerprint density at radius 3 is 2.89 bits per heavy atom. The van der Waals surface area contributed by atoms with Gasteiger partial charge in [0.2, 0.25) is 0 Å². The lowest BCUT2D eigenvalue weighted by Crippen LogP contribution is -2.26. The van der Waals surface area contributed by atoms with Crippen LogP contribution in [-0.4, -0.2) is 20.3 Å². The lowest BCUT2D eigenvalue weighted by molar-refractivity contribution is 0.167. The Bertz CT molecular complexity index is 459. The van der Waals surface area contributed by atoms with Gasteiger partial charge in [-0.3, -0.25) is 0 Å². The average molecular weight is 265 g/mol. The Hall–Kier alpha value is -1.55. The van der Waals surface area contributed by atoms with E-state index in [1.165, 1.54) is 13.2 Å². The van der Waals surface area contributed by atoms with Crippen LogP contribution in [0.25, 0.3) is 0 Å². The Balaban J connectivity index is 2.30. The van der Waals surface area contributed by atoms with Gasteiger partial charge in [-0.15, -0.1) is 0 Å². The van der Waals surface area contributed by atoms with Crippen molar-refractivity contribution in [3.8, 4) is 5.75 Å². The number of likely N-dealkylation sites (N-methyl/N-ethyl adjacent to an activating group) is 1. The molecule has 2 rings (SSSR count). The second-order valence-electron chi connectivity index (χ2n) is 4.48. The van der Waals surface area contributed by atoms with Crippen LogP contribution < -0.4 is 10.1 Å². The number of hydrogen-bond donors (Lipinski definition) is 1. The van der Waals surface area contributed by atoms with Crippen LogP contribution in [-0.2, 0) is 4.74 Å². The zero-order valence-corrected chi connectivity index (χ0v) is 11.4. The monoisotopic (exact) mass is 265 g/mol. The number of ether oxygens (including phenoxy) is 2. The Kier molecular flexibility index (Phi) is 4.80. The standard InChI is InChI=1S/C15H20FNO2/c1-3-17-15(14-6-4-5-9-19-14)12-8-7-11(18-2)10-13(12)16/h6-8,10,15,17H,3-5,9H2,1-2H3. The summed E-state index contributed by atoms with van der Waals surface area (Å²) in [5.41, 5.74) is 0.593. The first kappa shape index (κ1) is 13.9. The number of hydrogen-bond acceptors (Lipinski definition) is 3. The minimum Gasteiger partial charge on any atom is -0.497 e. The molecule has 0 aromatic heterocycles. The Morgan fingerprint density at radius 2 is 2.32 bits per heavy atom. The van der Waals surface area contributed by atoms with E-state index in [1.807, 2.05) is 13.0 Å². The van der Waals surface area contributed by atoms with Crippen LogP contribution in [0.2, 0.25) is 0 Å². The largest absolute Gasteiger partial charge is 0.497 e. The predicted octanol–water partition coefficient (Wildman–Crippen LogP) is 3.18. The van der Waals surface area contributed by atoms with E-state index in [0.717, 1.165) is 25.1 Å². The average Bonchev–Trinajstić information content (AvgIpc) is 2.46. The van der Waals surface area contributed by atoms with E-state index in [-0.39, 0.29) is 11.9 Å². The van der Waals surface area contributed by atoms with Crippen molar-refractivity contribution in [1.82, 2.24) is 5.32 Å². The third kappa shape index (κ3) is 3.26. The summed E-state index contributed by atoms with van der Waals surface area (Å²) < 4.78 is 24.9. The van der Waals surface area contributed by atoms with Gasteiger partial charge in [-0.2, -0.15) is 0 Å². The van der Waals surface area contributed by atoms with Gasteiger partial charge in [0.15, 0.2) is 0 Å². The number of rotatable bonds is 5. The molecule has 104 valence electrons. The molecule has 1 aliphatic rings. The molecular weight excluding hydrogens is 245 g/mol. The van der Waals surface area contributed by atoms with Crippen molar-refractivity contribution < 1.29 is 13.9 Å². The number of methoxy groups -OCH3 is 1. The smallest absolute Gasteiger partial charge is 0.132 e. The van der Waals surface area contributed by atoms with Crippen LogP contribution in [0.3, 0.4) is 0 Å². The maximum absolute atomic E-state index is 14.2. The highest BCUT2D eigenvalue weighted by Gasteiger charge is 2.22. The van der Waals surface area contributed by atoms with E-state index in [9.17, 15) is 4.39 Å². The summed E-state index contributed by atoms with van der Waals surface area (Å²) in [5, 5.41) is 3.27. The van der Waals surface area contributed by atoms with Crippen molar-refractivity contribution in [2.24, 2.45) is 0 Å². The molecule has 1 aromatic rings. The topological polar surface area (TPSA) is 30.5 Å². The van der Waals surface area contributed by atoms with Crippen molar-refractivity contribution in [1.29, 1.82) is 0 Å². The first-order valence-corrected chi connectivity index (χ1v) is 6.66. The number of benzene rings is 1. The maximum Gasteiger partial charge on any atom is 0.132 e. The summed E-state index contributed by atoms with van der Waals surface area (Å²) in [4.78, 5) is 0. The van der Waals surface area contributed by atoms with Crippen molar-refractivity contribution in [2.45, 2.75) is 25.8 Å². The van der Waals surface area contributed by atoms with Gasteiger partial charge in [0.25, 0.3) is 0 Å². The molecule has 0 radical (unpaired) electrons. The molecule has 0 amide bonds. The number of allylic oxidation sites excluding steroid dienone is 1. The summed E-state index contributed by atoms with van der Waals surface area (Å²) >= 11 is 0. The summed E-state index contributed by atoms with van der Waals surface area (Å²) in [6, 6.07) is 4.70. The third-order valence-corrected chi connectivity index (χ3v) is 3.17. The van der Waals surface area contributed by atoms with Gasteiger partial charge >= 0.3 is 0 Å². The molecule has 1 heterocycles. The highest BCUT2D eigenvalue weighted by Crippen LogP contribution is 2.29. The molecule has 4 heteroatoms. The van der Waals surface area contributed by atoms with Crippen LogP contribution in [0.5, 0.6) is 5.75 Å². The van der Waals surface area contributed by atoms with Gasteiger partial charge in [0.05, 0.1) is 19.8 Å². The summed E-state index contributed by atoms with van der Waals surface area (Å²) in [6.07, 6.45) is 4.04. The highest BCUT2D eigenvalue weighted by atomic mass is 19.1. The van der Waals surface area contributed by atoms with Gasteiger partial charge in [-0.1, -0.05) is 13.0 Å². The normalized spacial score (nSPS) is 16.5. The Labute approximate surface area is 113 Å². The van der Waals surface area contributed by atoms with E-state index >= 15 is 0 Å². The zero-order chi connectivity index (χ0) is 13.7. The molecule has 0 bridgehead atoms. The van der Waals surface area contributed by atoms with E-state index in [4.69, 9.17) is 9.47 Å². The molecule has 19 heavy (non-hydrogen) atoms. The van der Waals surface area contributed by atoms with Gasteiger partial charge in [0.1, 0.15) is 17.3 Å². The Morgan fingerprint density at radius 1 is 1.47 bits per heavy atom. The lowest BCUT2D eigenvalue weighted by atomic mass is 10.0. The quantitative estimate of drug-likeness (QED) is 0.887. The molecule has 3 nitrogen and oxygen atoms in total. The number of halogens is 1. The second-order valence-corrected chi connectivity index (χ2v) is 4.48. The summed E-state index contributed by atoms with van der Waals surface area (Å²) in [6.45, 7) is 3.44. The second kappa shape index (κ2) is 6.57. The van der Waals surface area contributed by atoms with Gasteiger partial charge in [-0.05, 0) is 31.5 Å². The molecule has 0 saturated heterocycles. The van der Waals surface area contributed by atoms with Crippen molar-refractivity contribution in [2.75, 3.05) is 20.3 Å². The van der Waals surface area contributed by atoms with E-state index in [2.05, 4.69) is 5.32 Å². The van der Waals surface area contributed by atoms with Crippen molar-refractivity contribution >= 4 is 0 Å². The van der Waals surface area contributed by atoms with Crippen molar-refractivity contribution in [3.05, 3.63) is 41.4 Å². The van der Waals surface area contributed by atoms with Crippen LogP contribution in [0, 0.1) is 5.82 Å². The van der Waals surface area contributed by atoms with Gasteiger partial charge < -0.3 is 14.8 Å². The van der Waals surface area contributed by atoms with Crippen LogP contribution >= 0.6 is 0 Å². The molecule has 0 saturated carbocycles. The van der Waals surface area contributed by atoms with Gasteiger partial charge in [0, 0.05) is 11.6 Å². The maximum atomic E-state index is 14.2.